The van der Waals surface area contributed by atoms with E-state index >= 15 is 0 Å². The van der Waals surface area contributed by atoms with E-state index in [0.29, 0.717) is 33.0 Å². The van der Waals surface area contributed by atoms with Gasteiger partial charge in [0.2, 0.25) is 5.91 Å². The number of carbonyl (C=O) groups excluding carboxylic acids is 1. The fourth-order valence-electron chi connectivity index (χ4n) is 1.56. The monoisotopic (exact) mass is 337 g/mol. The lowest BCUT2D eigenvalue weighted by Crippen LogP contribution is -2.10. The number of carbonyl (C=O) groups is 1. The zero-order valence-corrected chi connectivity index (χ0v) is 12.2. The fraction of sp³-hybridized carbons (Fsp3) is 0.0769. The highest BCUT2D eigenvalue weighted by molar-refractivity contribution is 9.10. The van der Waals surface area contributed by atoms with Crippen molar-refractivity contribution in [1.29, 1.82) is 0 Å². The Hall–Kier alpha value is -2.28. The average molecular weight is 338 g/mol. The first-order valence-electron chi connectivity index (χ1n) is 5.57. The van der Waals surface area contributed by atoms with Crippen LogP contribution in [0.15, 0.2) is 35.1 Å². The molecular weight excluding hydrogens is 326 g/mol. The summed E-state index contributed by atoms with van der Waals surface area (Å²) < 4.78 is 11.5. The Morgan fingerprint density at radius 1 is 1.30 bits per heavy atom. The van der Waals surface area contributed by atoms with E-state index in [1.807, 2.05) is 0 Å². The Balaban J connectivity index is 2.41. The number of pyridine rings is 1. The molecule has 104 valence electrons. The molecule has 0 aliphatic carbocycles. The molecule has 0 spiro atoms. The molecule has 1 aromatic heterocycles. The lowest BCUT2D eigenvalue weighted by Gasteiger charge is -2.13. The van der Waals surface area contributed by atoms with Crippen molar-refractivity contribution >= 4 is 27.5 Å². The van der Waals surface area contributed by atoms with E-state index in [2.05, 4.69) is 20.9 Å². The molecule has 0 radical (unpaired) electrons. The summed E-state index contributed by atoms with van der Waals surface area (Å²) in [4.78, 5) is 15.1. The second kappa shape index (κ2) is 5.79. The largest absolute Gasteiger partial charge is 0.493 e. The molecule has 0 saturated heterocycles. The summed E-state index contributed by atoms with van der Waals surface area (Å²) in [5.41, 5.74) is 11.7. The van der Waals surface area contributed by atoms with Crippen LogP contribution >= 0.6 is 15.9 Å². The van der Waals surface area contributed by atoms with Crippen LogP contribution in [-0.2, 0) is 0 Å². The van der Waals surface area contributed by atoms with Crippen molar-refractivity contribution in [2.45, 2.75) is 0 Å². The Labute approximate surface area is 123 Å². The van der Waals surface area contributed by atoms with Gasteiger partial charge in [-0.3, -0.25) is 9.78 Å². The maximum Gasteiger partial charge on any atom is 0.248 e. The van der Waals surface area contributed by atoms with Gasteiger partial charge in [-0.05, 0) is 34.1 Å². The molecule has 0 bridgehead atoms. The highest BCUT2D eigenvalue weighted by atomic mass is 79.9. The fourth-order valence-corrected chi connectivity index (χ4v) is 1.99. The quantitative estimate of drug-likeness (QED) is 0.891. The standard InChI is InChI=1S/C13H12BrN3O3/c1-19-11-4-7(13(16)18)2-3-10(11)20-12-8(14)5-17-6-9(12)15/h2-6H,15H2,1H3,(H2,16,18). The molecule has 7 heteroatoms. The number of aromatic nitrogens is 1. The van der Waals surface area contributed by atoms with Crippen LogP contribution in [0.3, 0.4) is 0 Å². The lowest BCUT2D eigenvalue weighted by atomic mass is 10.2. The van der Waals surface area contributed by atoms with Crippen LogP contribution in [0.1, 0.15) is 10.4 Å². The Morgan fingerprint density at radius 3 is 2.65 bits per heavy atom. The Bertz CT molecular complexity index is 641. The van der Waals surface area contributed by atoms with Crippen LogP contribution in [0, 0.1) is 0 Å². The van der Waals surface area contributed by atoms with Crippen molar-refractivity contribution in [3.05, 3.63) is 40.6 Å². The molecule has 2 aromatic rings. The third-order valence-electron chi connectivity index (χ3n) is 2.54. The molecule has 0 aliphatic rings. The van der Waals surface area contributed by atoms with Crippen molar-refractivity contribution in [3.63, 3.8) is 0 Å². The molecule has 1 heterocycles. The average Bonchev–Trinajstić information content (AvgIpc) is 2.43. The van der Waals surface area contributed by atoms with E-state index in [1.54, 1.807) is 18.3 Å². The number of hydrogen-bond acceptors (Lipinski definition) is 5. The molecule has 6 nitrogen and oxygen atoms in total. The van der Waals surface area contributed by atoms with Crippen molar-refractivity contribution in [1.82, 2.24) is 4.98 Å². The zero-order chi connectivity index (χ0) is 14.7. The van der Waals surface area contributed by atoms with E-state index in [-0.39, 0.29) is 0 Å². The van der Waals surface area contributed by atoms with Crippen molar-refractivity contribution in [3.8, 4) is 17.2 Å². The molecule has 0 unspecified atom stereocenters. The lowest BCUT2D eigenvalue weighted by molar-refractivity contribution is 0.1000. The number of rotatable bonds is 4. The van der Waals surface area contributed by atoms with Gasteiger partial charge in [0, 0.05) is 11.8 Å². The smallest absolute Gasteiger partial charge is 0.248 e. The number of benzene rings is 1. The highest BCUT2D eigenvalue weighted by Crippen LogP contribution is 2.38. The summed E-state index contributed by atoms with van der Waals surface area (Å²) in [6.45, 7) is 0. The summed E-state index contributed by atoms with van der Waals surface area (Å²) >= 11 is 3.31. The van der Waals surface area contributed by atoms with Gasteiger partial charge in [-0.25, -0.2) is 0 Å². The molecule has 1 amide bonds. The van der Waals surface area contributed by atoms with Gasteiger partial charge in [0.05, 0.1) is 23.5 Å². The Morgan fingerprint density at radius 2 is 2.05 bits per heavy atom. The van der Waals surface area contributed by atoms with Gasteiger partial charge in [0.25, 0.3) is 0 Å². The van der Waals surface area contributed by atoms with Crippen molar-refractivity contribution in [2.75, 3.05) is 12.8 Å². The number of hydrogen-bond donors (Lipinski definition) is 2. The number of nitrogens with zero attached hydrogens (tertiary/aromatic N) is 1. The molecule has 0 saturated carbocycles. The van der Waals surface area contributed by atoms with Crippen LogP contribution < -0.4 is 20.9 Å². The third kappa shape index (κ3) is 2.83. The molecule has 2 rings (SSSR count). The van der Waals surface area contributed by atoms with Crippen LogP contribution in [0.25, 0.3) is 0 Å². The van der Waals surface area contributed by atoms with Gasteiger partial charge in [-0.2, -0.15) is 0 Å². The maximum absolute atomic E-state index is 11.1. The molecule has 0 aliphatic heterocycles. The van der Waals surface area contributed by atoms with E-state index in [4.69, 9.17) is 20.9 Å². The number of nitrogens with two attached hydrogens (primary N) is 2. The predicted octanol–water partition coefficient (Wildman–Crippen LogP) is 2.33. The predicted molar refractivity (Wildman–Crippen MR) is 77.9 cm³/mol. The number of nitrogen functional groups attached to an aromatic ring is 1. The molecule has 20 heavy (non-hydrogen) atoms. The van der Waals surface area contributed by atoms with Crippen molar-refractivity contribution < 1.29 is 14.3 Å². The van der Waals surface area contributed by atoms with Gasteiger partial charge in [0.1, 0.15) is 0 Å². The van der Waals surface area contributed by atoms with E-state index in [9.17, 15) is 4.79 Å². The molecule has 4 N–H and O–H groups in total. The minimum atomic E-state index is -0.542. The van der Waals surface area contributed by atoms with Crippen LogP contribution in [0.2, 0.25) is 0 Å². The van der Waals surface area contributed by atoms with Gasteiger partial charge < -0.3 is 20.9 Å². The first-order chi connectivity index (χ1) is 9.52. The summed E-state index contributed by atoms with van der Waals surface area (Å²) in [6, 6.07) is 4.64. The maximum atomic E-state index is 11.1. The zero-order valence-electron chi connectivity index (χ0n) is 10.6. The van der Waals surface area contributed by atoms with Crippen LogP contribution in [-0.4, -0.2) is 18.0 Å². The third-order valence-corrected chi connectivity index (χ3v) is 3.11. The highest BCUT2D eigenvalue weighted by Gasteiger charge is 2.13. The first kappa shape index (κ1) is 14.1. The molecule has 0 atom stereocenters. The van der Waals surface area contributed by atoms with E-state index in [1.165, 1.54) is 19.4 Å². The minimum absolute atomic E-state index is 0.330. The minimum Gasteiger partial charge on any atom is -0.493 e. The van der Waals surface area contributed by atoms with Crippen LogP contribution in [0.5, 0.6) is 17.2 Å². The number of halogens is 1. The second-order valence-corrected chi connectivity index (χ2v) is 4.73. The summed E-state index contributed by atoms with van der Waals surface area (Å²) in [6.07, 6.45) is 3.04. The SMILES string of the molecule is COc1cc(C(N)=O)ccc1Oc1c(N)cncc1Br. The van der Waals surface area contributed by atoms with Crippen LogP contribution in [0.4, 0.5) is 5.69 Å². The van der Waals surface area contributed by atoms with Gasteiger partial charge in [0.15, 0.2) is 17.2 Å². The molecule has 0 fully saturated rings. The van der Waals surface area contributed by atoms with Gasteiger partial charge in [-0.1, -0.05) is 0 Å². The number of amides is 1. The Kier molecular flexibility index (Phi) is 4.09. The number of anilines is 1. The summed E-state index contributed by atoms with van der Waals surface area (Å²) in [5.74, 6) is 0.671. The normalized spacial score (nSPS) is 10.1. The summed E-state index contributed by atoms with van der Waals surface area (Å²) in [5, 5.41) is 0. The topological polar surface area (TPSA) is 100 Å². The molecular formula is C13H12BrN3O3. The number of methoxy groups -OCH3 is 1. The van der Waals surface area contributed by atoms with Crippen molar-refractivity contribution in [2.24, 2.45) is 5.73 Å². The van der Waals surface area contributed by atoms with E-state index < -0.39 is 5.91 Å². The molecule has 1 aromatic carbocycles. The summed E-state index contributed by atoms with van der Waals surface area (Å²) in [7, 11) is 1.47. The van der Waals surface area contributed by atoms with E-state index in [0.717, 1.165) is 0 Å². The van der Waals surface area contributed by atoms with Gasteiger partial charge in [-0.15, -0.1) is 0 Å². The van der Waals surface area contributed by atoms with Gasteiger partial charge >= 0.3 is 0 Å². The number of ether oxygens (including phenoxy) is 2. The number of primary amides is 1. The second-order valence-electron chi connectivity index (χ2n) is 3.87. The first-order valence-corrected chi connectivity index (χ1v) is 6.37.